The summed E-state index contributed by atoms with van der Waals surface area (Å²) in [6.45, 7) is 1.62. The highest BCUT2D eigenvalue weighted by molar-refractivity contribution is 7.89. The van der Waals surface area contributed by atoms with E-state index in [-0.39, 0.29) is 11.4 Å². The van der Waals surface area contributed by atoms with Gasteiger partial charge in [-0.2, -0.15) is 0 Å². The van der Waals surface area contributed by atoms with Crippen molar-refractivity contribution in [1.82, 2.24) is 14.9 Å². The van der Waals surface area contributed by atoms with Gasteiger partial charge in [-0.3, -0.25) is 4.99 Å². The fourth-order valence-corrected chi connectivity index (χ4v) is 4.03. The summed E-state index contributed by atoms with van der Waals surface area (Å²) >= 11 is 6.05. The Morgan fingerprint density at radius 1 is 1.17 bits per heavy atom. The first-order valence-corrected chi connectivity index (χ1v) is 11.0. The van der Waals surface area contributed by atoms with E-state index in [0.29, 0.717) is 30.7 Å². The van der Waals surface area contributed by atoms with Gasteiger partial charge >= 0.3 is 0 Å². The highest BCUT2D eigenvalue weighted by atomic mass is 35.5. The molecule has 2 aromatic carbocycles. The molecule has 0 aromatic heterocycles. The summed E-state index contributed by atoms with van der Waals surface area (Å²) in [6, 6.07) is 14.5. The molecule has 9 heteroatoms. The second-order valence-electron chi connectivity index (χ2n) is 6.42. The monoisotopic (exact) mass is 438 g/mol. The van der Waals surface area contributed by atoms with Crippen LogP contribution in [0.3, 0.4) is 0 Å². The predicted molar refractivity (Wildman–Crippen MR) is 117 cm³/mol. The molecule has 0 saturated heterocycles. The van der Waals surface area contributed by atoms with Crippen LogP contribution in [0.2, 0.25) is 5.02 Å². The average Bonchev–Trinajstić information content (AvgIpc) is 2.69. The molecule has 0 spiro atoms. The molecule has 0 bridgehead atoms. The summed E-state index contributed by atoms with van der Waals surface area (Å²) in [7, 11) is 1.59. The van der Waals surface area contributed by atoms with Gasteiger partial charge in [0.2, 0.25) is 10.0 Å². The Kier molecular flexibility index (Phi) is 8.91. The lowest BCUT2D eigenvalue weighted by Gasteiger charge is -2.22. The normalized spacial score (nSPS) is 12.1. The fourth-order valence-electron chi connectivity index (χ4n) is 2.73. The maximum Gasteiger partial charge on any atom is 0.240 e. The minimum Gasteiger partial charge on any atom is -0.383 e. The van der Waals surface area contributed by atoms with Crippen LogP contribution in [0.5, 0.6) is 0 Å². The minimum absolute atomic E-state index is 0.218. The number of sulfonamides is 1. The smallest absolute Gasteiger partial charge is 0.240 e. The molecule has 0 atom stereocenters. The number of ether oxygens (including phenoxy) is 1. The van der Waals surface area contributed by atoms with Gasteiger partial charge in [-0.05, 0) is 35.4 Å². The predicted octanol–water partition coefficient (Wildman–Crippen LogP) is 2.47. The lowest BCUT2D eigenvalue weighted by atomic mass is 10.2. The van der Waals surface area contributed by atoms with Crippen LogP contribution < -0.4 is 10.0 Å². The molecule has 2 rings (SSSR count). The number of benzene rings is 2. The van der Waals surface area contributed by atoms with Gasteiger partial charge in [-0.15, -0.1) is 0 Å². The van der Waals surface area contributed by atoms with Crippen LogP contribution in [-0.4, -0.2) is 53.6 Å². The molecule has 0 aliphatic rings. The van der Waals surface area contributed by atoms with E-state index in [1.54, 1.807) is 25.2 Å². The molecule has 0 fully saturated rings. The Morgan fingerprint density at radius 3 is 2.59 bits per heavy atom. The molecule has 2 N–H and O–H groups in total. The number of aliphatic imine (C=N–C) groups is 1. The number of nitrogens with zero attached hydrogens (tertiary/aromatic N) is 2. The summed E-state index contributed by atoms with van der Waals surface area (Å²) in [6.07, 6.45) is 0. The number of halogens is 1. The fraction of sp³-hybridized carbons (Fsp3) is 0.350. The SMILES string of the molecule is CN=C(NCc1cccc(S(=O)(=O)NCCOC)c1)N(C)Cc1cccc(Cl)c1. The minimum atomic E-state index is -3.57. The van der Waals surface area contributed by atoms with Crippen molar-refractivity contribution in [2.24, 2.45) is 4.99 Å². The number of rotatable bonds is 9. The number of hydrogen-bond acceptors (Lipinski definition) is 4. The molecule has 0 unspecified atom stereocenters. The highest BCUT2D eigenvalue weighted by Gasteiger charge is 2.14. The highest BCUT2D eigenvalue weighted by Crippen LogP contribution is 2.13. The zero-order valence-corrected chi connectivity index (χ0v) is 18.4. The van der Waals surface area contributed by atoms with Gasteiger partial charge in [0.05, 0.1) is 11.5 Å². The Labute approximate surface area is 177 Å². The van der Waals surface area contributed by atoms with Crippen LogP contribution >= 0.6 is 11.6 Å². The van der Waals surface area contributed by atoms with Crippen molar-refractivity contribution in [1.29, 1.82) is 0 Å². The van der Waals surface area contributed by atoms with Gasteiger partial charge in [-0.1, -0.05) is 35.9 Å². The molecular formula is C20H27ClN4O3S. The van der Waals surface area contributed by atoms with E-state index in [4.69, 9.17) is 16.3 Å². The molecule has 158 valence electrons. The number of nitrogens with one attached hydrogen (secondary N) is 2. The lowest BCUT2D eigenvalue weighted by Crippen LogP contribution is -2.38. The molecule has 0 aliphatic carbocycles. The molecule has 0 heterocycles. The van der Waals surface area contributed by atoms with E-state index in [1.807, 2.05) is 42.3 Å². The van der Waals surface area contributed by atoms with Gasteiger partial charge in [-0.25, -0.2) is 13.1 Å². The standard InChI is InChI=1S/C20H27ClN4O3S/c1-22-20(25(2)15-17-7-4-8-18(21)12-17)23-14-16-6-5-9-19(13-16)29(26,27)24-10-11-28-3/h4-9,12-13,24H,10-11,14-15H2,1-3H3,(H,22,23). The quantitative estimate of drug-likeness (QED) is 0.357. The second-order valence-corrected chi connectivity index (χ2v) is 8.63. The van der Waals surface area contributed by atoms with Crippen molar-refractivity contribution in [3.8, 4) is 0 Å². The maximum atomic E-state index is 12.4. The van der Waals surface area contributed by atoms with Crippen LogP contribution in [0.25, 0.3) is 0 Å². The van der Waals surface area contributed by atoms with Crippen LogP contribution in [0.15, 0.2) is 58.4 Å². The van der Waals surface area contributed by atoms with E-state index in [2.05, 4.69) is 15.0 Å². The Hall–Kier alpha value is -2.13. The lowest BCUT2D eigenvalue weighted by molar-refractivity contribution is 0.204. The zero-order chi connectivity index (χ0) is 21.3. The molecule has 29 heavy (non-hydrogen) atoms. The van der Waals surface area contributed by atoms with Gasteiger partial charge in [0.25, 0.3) is 0 Å². The molecule has 0 amide bonds. The molecule has 0 saturated carbocycles. The van der Waals surface area contributed by atoms with Crippen LogP contribution in [0, 0.1) is 0 Å². The van der Waals surface area contributed by atoms with Gasteiger partial charge in [0, 0.05) is 45.9 Å². The molecule has 0 aliphatic heterocycles. The first-order valence-electron chi connectivity index (χ1n) is 9.09. The van der Waals surface area contributed by atoms with Crippen molar-refractivity contribution >= 4 is 27.6 Å². The van der Waals surface area contributed by atoms with Crippen molar-refractivity contribution in [2.75, 3.05) is 34.4 Å². The zero-order valence-electron chi connectivity index (χ0n) is 16.9. The van der Waals surface area contributed by atoms with E-state index in [9.17, 15) is 8.42 Å². The van der Waals surface area contributed by atoms with E-state index in [1.165, 1.54) is 7.11 Å². The van der Waals surface area contributed by atoms with E-state index < -0.39 is 10.0 Å². The Balaban J connectivity index is 2.00. The van der Waals surface area contributed by atoms with E-state index in [0.717, 1.165) is 11.1 Å². The number of methoxy groups -OCH3 is 1. The molecule has 0 radical (unpaired) electrons. The van der Waals surface area contributed by atoms with Crippen LogP contribution in [0.4, 0.5) is 0 Å². The van der Waals surface area contributed by atoms with Gasteiger partial charge in [0.1, 0.15) is 0 Å². The summed E-state index contributed by atoms with van der Waals surface area (Å²) in [5.41, 5.74) is 1.90. The van der Waals surface area contributed by atoms with E-state index >= 15 is 0 Å². The van der Waals surface area contributed by atoms with Crippen molar-refractivity contribution in [3.05, 3.63) is 64.7 Å². The summed E-state index contributed by atoms with van der Waals surface area (Å²) in [5, 5.41) is 3.95. The second kappa shape index (κ2) is 11.2. The molecular weight excluding hydrogens is 412 g/mol. The first kappa shape index (κ1) is 23.2. The number of hydrogen-bond donors (Lipinski definition) is 2. The summed E-state index contributed by atoms with van der Waals surface area (Å²) in [4.78, 5) is 6.49. The summed E-state index contributed by atoms with van der Waals surface area (Å²) in [5.74, 6) is 0.691. The van der Waals surface area contributed by atoms with Crippen molar-refractivity contribution in [2.45, 2.75) is 18.0 Å². The van der Waals surface area contributed by atoms with Crippen LogP contribution in [-0.2, 0) is 27.8 Å². The topological polar surface area (TPSA) is 83.0 Å². The third kappa shape index (κ3) is 7.32. The van der Waals surface area contributed by atoms with Crippen molar-refractivity contribution in [3.63, 3.8) is 0 Å². The molecule has 2 aromatic rings. The Bertz CT molecular complexity index is 935. The number of guanidine groups is 1. The third-order valence-corrected chi connectivity index (χ3v) is 5.83. The van der Waals surface area contributed by atoms with Gasteiger partial charge < -0.3 is 15.0 Å². The van der Waals surface area contributed by atoms with Crippen molar-refractivity contribution < 1.29 is 13.2 Å². The molecule has 7 nitrogen and oxygen atoms in total. The largest absolute Gasteiger partial charge is 0.383 e. The maximum absolute atomic E-state index is 12.4. The summed E-state index contributed by atoms with van der Waals surface area (Å²) < 4.78 is 32.1. The Morgan fingerprint density at radius 2 is 1.90 bits per heavy atom. The van der Waals surface area contributed by atoms with Crippen LogP contribution in [0.1, 0.15) is 11.1 Å². The first-order chi connectivity index (χ1) is 13.9. The van der Waals surface area contributed by atoms with Gasteiger partial charge in [0.15, 0.2) is 5.96 Å². The average molecular weight is 439 g/mol. The third-order valence-electron chi connectivity index (χ3n) is 4.14.